The molecule has 1 atom stereocenters. The van der Waals surface area contributed by atoms with Gasteiger partial charge >= 0.3 is 0 Å². The van der Waals surface area contributed by atoms with Gasteiger partial charge in [0, 0.05) is 28.6 Å². The van der Waals surface area contributed by atoms with E-state index in [0.29, 0.717) is 41.7 Å². The van der Waals surface area contributed by atoms with E-state index < -0.39 is 0 Å². The maximum Gasteiger partial charge on any atom is 0.255 e. The van der Waals surface area contributed by atoms with E-state index in [1.807, 2.05) is 60.7 Å². The Labute approximate surface area is 184 Å². The lowest BCUT2D eigenvalue weighted by molar-refractivity contribution is -0.115. The fourth-order valence-corrected chi connectivity index (χ4v) is 4.94. The Morgan fingerprint density at radius 3 is 2.52 bits per heavy atom. The number of ether oxygens (including phenoxy) is 2. The minimum absolute atomic E-state index is 0.0101. The first kappa shape index (κ1) is 19.5. The van der Waals surface area contributed by atoms with Crippen molar-refractivity contribution in [3.05, 3.63) is 83.9 Å². The Morgan fingerprint density at radius 2 is 1.68 bits per heavy atom. The fraction of sp³-hybridized carbons (Fsp3) is 0.167. The van der Waals surface area contributed by atoms with E-state index in [2.05, 4.69) is 5.32 Å². The largest absolute Gasteiger partial charge is 0.486 e. The van der Waals surface area contributed by atoms with E-state index >= 15 is 0 Å². The van der Waals surface area contributed by atoms with Gasteiger partial charge in [0.25, 0.3) is 5.91 Å². The topological polar surface area (TPSA) is 67.9 Å². The molecule has 7 heteroatoms. The number of amides is 2. The first-order valence-electron chi connectivity index (χ1n) is 9.99. The summed E-state index contributed by atoms with van der Waals surface area (Å²) in [6.45, 7) is 0.999. The van der Waals surface area contributed by atoms with Crippen LogP contribution in [0.3, 0.4) is 0 Å². The summed E-state index contributed by atoms with van der Waals surface area (Å²) in [5.41, 5.74) is 2.88. The molecule has 5 rings (SSSR count). The standard InChI is InChI=1S/C24H20N2O4S/c27-22-15-31-24(26(22)17-10-11-20-21(14-17)30-13-12-29-20)18-8-4-5-9-19(18)25-23(28)16-6-2-1-3-7-16/h1-11,14,24H,12-13,15H2,(H,25,28). The Morgan fingerprint density at radius 1 is 0.935 bits per heavy atom. The van der Waals surface area contributed by atoms with Crippen LogP contribution in [0.25, 0.3) is 0 Å². The number of thioether (sulfide) groups is 1. The van der Waals surface area contributed by atoms with Gasteiger partial charge in [0.2, 0.25) is 5.91 Å². The number of hydrogen-bond acceptors (Lipinski definition) is 5. The van der Waals surface area contributed by atoms with Gasteiger partial charge < -0.3 is 14.8 Å². The SMILES string of the molecule is O=C(Nc1ccccc1C1SCC(=O)N1c1ccc2c(c1)OCCO2)c1ccccc1. The van der Waals surface area contributed by atoms with E-state index in [1.165, 1.54) is 11.8 Å². The summed E-state index contributed by atoms with van der Waals surface area (Å²) in [6.07, 6.45) is 0. The van der Waals surface area contributed by atoms with Crippen LogP contribution in [0.5, 0.6) is 11.5 Å². The molecule has 1 unspecified atom stereocenters. The second-order valence-corrected chi connectivity index (χ2v) is 8.23. The number of para-hydroxylation sites is 1. The number of carbonyl (C=O) groups is 2. The van der Waals surface area contributed by atoms with Crippen LogP contribution in [0.15, 0.2) is 72.8 Å². The molecule has 3 aromatic carbocycles. The highest BCUT2D eigenvalue weighted by Crippen LogP contribution is 2.46. The highest BCUT2D eigenvalue weighted by Gasteiger charge is 2.36. The van der Waals surface area contributed by atoms with E-state index in [4.69, 9.17) is 9.47 Å². The number of rotatable bonds is 4. The maximum atomic E-state index is 12.8. The van der Waals surface area contributed by atoms with Crippen molar-refractivity contribution in [3.8, 4) is 11.5 Å². The maximum absolute atomic E-state index is 12.8. The summed E-state index contributed by atoms with van der Waals surface area (Å²) in [7, 11) is 0. The Balaban J connectivity index is 1.47. The number of nitrogens with one attached hydrogen (secondary N) is 1. The van der Waals surface area contributed by atoms with Crippen molar-refractivity contribution >= 4 is 35.0 Å². The lowest BCUT2D eigenvalue weighted by Crippen LogP contribution is -2.28. The summed E-state index contributed by atoms with van der Waals surface area (Å²) in [4.78, 5) is 27.3. The van der Waals surface area contributed by atoms with Gasteiger partial charge in [-0.05, 0) is 30.3 Å². The van der Waals surface area contributed by atoms with Crippen LogP contribution in [0, 0.1) is 0 Å². The molecule has 6 nitrogen and oxygen atoms in total. The molecule has 2 aliphatic rings. The Hall–Kier alpha value is -3.45. The number of nitrogens with zero attached hydrogens (tertiary/aromatic N) is 1. The second kappa shape index (κ2) is 8.35. The molecule has 0 spiro atoms. The molecule has 3 aromatic rings. The highest BCUT2D eigenvalue weighted by atomic mass is 32.2. The molecule has 2 aliphatic heterocycles. The average Bonchev–Trinajstić information content (AvgIpc) is 3.20. The summed E-state index contributed by atoms with van der Waals surface area (Å²) < 4.78 is 11.3. The lowest BCUT2D eigenvalue weighted by Gasteiger charge is -2.27. The van der Waals surface area contributed by atoms with E-state index in [1.54, 1.807) is 17.0 Å². The van der Waals surface area contributed by atoms with Crippen molar-refractivity contribution in [1.29, 1.82) is 0 Å². The molecule has 0 aliphatic carbocycles. The van der Waals surface area contributed by atoms with Crippen LogP contribution in [0.1, 0.15) is 21.3 Å². The van der Waals surface area contributed by atoms with Gasteiger partial charge in [-0.2, -0.15) is 0 Å². The minimum Gasteiger partial charge on any atom is -0.486 e. The van der Waals surface area contributed by atoms with Gasteiger partial charge in [-0.1, -0.05) is 36.4 Å². The van der Waals surface area contributed by atoms with Crippen LogP contribution in [-0.2, 0) is 4.79 Å². The molecule has 2 heterocycles. The molecule has 2 amide bonds. The first-order chi connectivity index (χ1) is 15.2. The van der Waals surface area contributed by atoms with Crippen LogP contribution in [-0.4, -0.2) is 30.8 Å². The molecule has 0 saturated carbocycles. The van der Waals surface area contributed by atoms with Crippen molar-refractivity contribution in [2.45, 2.75) is 5.37 Å². The van der Waals surface area contributed by atoms with Crippen molar-refractivity contribution in [2.75, 3.05) is 29.2 Å². The molecule has 1 N–H and O–H groups in total. The quantitative estimate of drug-likeness (QED) is 0.658. The van der Waals surface area contributed by atoms with Crippen molar-refractivity contribution in [3.63, 3.8) is 0 Å². The summed E-state index contributed by atoms with van der Waals surface area (Å²) >= 11 is 1.53. The number of carbonyl (C=O) groups excluding carboxylic acids is 2. The third-order valence-corrected chi connectivity index (χ3v) is 6.38. The van der Waals surface area contributed by atoms with Crippen LogP contribution in [0.4, 0.5) is 11.4 Å². The van der Waals surface area contributed by atoms with E-state index in [-0.39, 0.29) is 17.2 Å². The van der Waals surface area contributed by atoms with Gasteiger partial charge in [-0.3, -0.25) is 14.5 Å². The van der Waals surface area contributed by atoms with Gasteiger partial charge in [0.1, 0.15) is 18.6 Å². The Bertz CT molecular complexity index is 1140. The normalized spacial score (nSPS) is 17.5. The molecular formula is C24H20N2O4S. The van der Waals surface area contributed by atoms with Gasteiger partial charge in [-0.25, -0.2) is 0 Å². The van der Waals surface area contributed by atoms with Crippen LogP contribution in [0.2, 0.25) is 0 Å². The lowest BCUT2D eigenvalue weighted by atomic mass is 10.1. The third-order valence-electron chi connectivity index (χ3n) is 5.18. The zero-order valence-corrected chi connectivity index (χ0v) is 17.4. The van der Waals surface area contributed by atoms with Crippen LogP contribution < -0.4 is 19.7 Å². The molecule has 1 fully saturated rings. The molecule has 1 saturated heterocycles. The third kappa shape index (κ3) is 3.84. The number of benzene rings is 3. The average molecular weight is 433 g/mol. The zero-order chi connectivity index (χ0) is 21.2. The number of fused-ring (bicyclic) bond motifs is 1. The molecule has 0 bridgehead atoms. The minimum atomic E-state index is -0.262. The first-order valence-corrected chi connectivity index (χ1v) is 11.0. The van der Waals surface area contributed by atoms with Gasteiger partial charge in [0.15, 0.2) is 11.5 Å². The summed E-state index contributed by atoms with van der Waals surface area (Å²) in [5.74, 6) is 1.50. The predicted molar refractivity (Wildman–Crippen MR) is 121 cm³/mol. The summed E-state index contributed by atoms with van der Waals surface area (Å²) in [5, 5.41) is 2.74. The van der Waals surface area contributed by atoms with E-state index in [9.17, 15) is 9.59 Å². The van der Waals surface area contributed by atoms with Crippen molar-refractivity contribution in [2.24, 2.45) is 0 Å². The summed E-state index contributed by atoms with van der Waals surface area (Å²) in [6, 6.07) is 22.2. The van der Waals surface area contributed by atoms with Crippen LogP contribution >= 0.6 is 11.8 Å². The fourth-order valence-electron chi connectivity index (χ4n) is 3.73. The second-order valence-electron chi connectivity index (χ2n) is 7.16. The Kier molecular flexibility index (Phi) is 5.26. The molecule has 0 radical (unpaired) electrons. The monoisotopic (exact) mass is 432 g/mol. The zero-order valence-electron chi connectivity index (χ0n) is 16.6. The number of anilines is 2. The molecule has 156 valence electrons. The smallest absolute Gasteiger partial charge is 0.255 e. The molecule has 31 heavy (non-hydrogen) atoms. The predicted octanol–water partition coefficient (Wildman–Crippen LogP) is 4.49. The molecular weight excluding hydrogens is 412 g/mol. The molecule has 0 aromatic heterocycles. The van der Waals surface area contributed by atoms with Crippen molar-refractivity contribution < 1.29 is 19.1 Å². The van der Waals surface area contributed by atoms with Gasteiger partial charge in [-0.15, -0.1) is 11.8 Å². The number of hydrogen-bond donors (Lipinski definition) is 1. The van der Waals surface area contributed by atoms with Gasteiger partial charge in [0.05, 0.1) is 5.75 Å². The highest BCUT2D eigenvalue weighted by molar-refractivity contribution is 8.00. The van der Waals surface area contributed by atoms with Crippen molar-refractivity contribution in [1.82, 2.24) is 0 Å². The van der Waals surface area contributed by atoms with E-state index in [0.717, 1.165) is 11.3 Å².